The maximum Gasteiger partial charge on any atom is 0.330 e. The van der Waals surface area contributed by atoms with Crippen molar-refractivity contribution in [2.24, 2.45) is 0 Å². The quantitative estimate of drug-likeness (QED) is 0.528. The number of H-pyrrole nitrogens is 1. The summed E-state index contributed by atoms with van der Waals surface area (Å²) in [5, 5.41) is 3.54. The van der Waals surface area contributed by atoms with Gasteiger partial charge in [0.25, 0.3) is 5.56 Å². The molecule has 4 N–H and O–H groups in total. The van der Waals surface area contributed by atoms with Crippen molar-refractivity contribution in [1.29, 1.82) is 0 Å². The average Bonchev–Trinajstić information content (AvgIpc) is 2.75. The molecule has 0 aliphatic carbocycles. The summed E-state index contributed by atoms with van der Waals surface area (Å²) in [6, 6.07) is 17.3. The zero-order valence-corrected chi connectivity index (χ0v) is 17.8. The topological polar surface area (TPSA) is 96.2 Å². The van der Waals surface area contributed by atoms with Gasteiger partial charge >= 0.3 is 5.69 Å². The van der Waals surface area contributed by atoms with Crippen molar-refractivity contribution < 1.29 is 0 Å². The number of benzene rings is 2. The van der Waals surface area contributed by atoms with Crippen LogP contribution in [-0.2, 0) is 13.0 Å². The Morgan fingerprint density at radius 2 is 1.77 bits per heavy atom. The molecular weight excluding hydrogens is 398 g/mol. The number of aromatic nitrogens is 2. The Morgan fingerprint density at radius 1 is 1.10 bits per heavy atom. The molecule has 1 heterocycles. The summed E-state index contributed by atoms with van der Waals surface area (Å²) in [5.74, 6) is 0.0716. The Labute approximate surface area is 180 Å². The molecule has 30 heavy (non-hydrogen) atoms. The Balaban J connectivity index is 1.99. The fraction of sp³-hybridized carbons (Fsp3) is 0.227. The van der Waals surface area contributed by atoms with Crippen LogP contribution in [0.1, 0.15) is 25.0 Å². The molecule has 2 aromatic carbocycles. The Bertz CT molecular complexity index is 1150. The second-order valence-corrected chi connectivity index (χ2v) is 7.14. The molecule has 8 heteroatoms. The molecule has 0 bridgehead atoms. The van der Waals surface area contributed by atoms with Crippen molar-refractivity contribution >= 4 is 34.5 Å². The first-order valence-corrected chi connectivity index (χ1v) is 10.2. The van der Waals surface area contributed by atoms with Crippen LogP contribution in [0.5, 0.6) is 0 Å². The number of nitrogens with zero attached hydrogens (tertiary/aromatic N) is 2. The van der Waals surface area contributed by atoms with Gasteiger partial charge in [0.2, 0.25) is 0 Å². The number of thiocarbonyl (C=S) groups is 1. The highest BCUT2D eigenvalue weighted by Gasteiger charge is 2.21. The van der Waals surface area contributed by atoms with Crippen LogP contribution in [0.3, 0.4) is 0 Å². The van der Waals surface area contributed by atoms with Gasteiger partial charge in [-0.1, -0.05) is 55.5 Å². The summed E-state index contributed by atoms with van der Waals surface area (Å²) in [5.41, 5.74) is 8.20. The van der Waals surface area contributed by atoms with E-state index in [2.05, 4.69) is 17.2 Å². The van der Waals surface area contributed by atoms with Gasteiger partial charge in [-0.15, -0.1) is 0 Å². The molecule has 156 valence electrons. The van der Waals surface area contributed by atoms with Crippen molar-refractivity contribution in [3.63, 3.8) is 0 Å². The lowest BCUT2D eigenvalue weighted by molar-refractivity contribution is 0.730. The minimum Gasteiger partial charge on any atom is -0.383 e. The Kier molecular flexibility index (Phi) is 6.68. The van der Waals surface area contributed by atoms with E-state index >= 15 is 0 Å². The lowest BCUT2D eigenvalue weighted by atomic mass is 10.1. The first-order chi connectivity index (χ1) is 14.5. The zero-order chi connectivity index (χ0) is 21.7. The lowest BCUT2D eigenvalue weighted by Crippen LogP contribution is -2.42. The van der Waals surface area contributed by atoms with Gasteiger partial charge in [0.1, 0.15) is 5.82 Å². The van der Waals surface area contributed by atoms with E-state index in [1.54, 1.807) is 4.90 Å². The van der Waals surface area contributed by atoms with Crippen molar-refractivity contribution in [3.8, 4) is 0 Å². The number of para-hydroxylation sites is 1. The second-order valence-electron chi connectivity index (χ2n) is 6.75. The van der Waals surface area contributed by atoms with Crippen molar-refractivity contribution in [3.05, 3.63) is 86.6 Å². The summed E-state index contributed by atoms with van der Waals surface area (Å²) < 4.78 is 1.34. The number of aromatic amines is 1. The molecule has 0 unspecified atom stereocenters. The Hall–Kier alpha value is -3.39. The van der Waals surface area contributed by atoms with E-state index in [0.717, 1.165) is 23.2 Å². The van der Waals surface area contributed by atoms with Crippen molar-refractivity contribution in [2.45, 2.75) is 26.8 Å². The third-order valence-electron chi connectivity index (χ3n) is 4.87. The highest BCUT2D eigenvalue weighted by molar-refractivity contribution is 7.80. The van der Waals surface area contributed by atoms with E-state index in [-0.39, 0.29) is 18.1 Å². The molecular formula is C22H25N5O2S. The second kappa shape index (κ2) is 9.41. The maximum atomic E-state index is 12.7. The van der Waals surface area contributed by atoms with Gasteiger partial charge in [0.05, 0.1) is 6.54 Å². The number of hydrogen-bond donors (Lipinski definition) is 3. The molecule has 0 saturated carbocycles. The number of nitrogen functional groups attached to an aromatic ring is 1. The first-order valence-electron chi connectivity index (χ1n) is 9.79. The van der Waals surface area contributed by atoms with E-state index in [1.807, 2.05) is 61.5 Å². The van der Waals surface area contributed by atoms with Crippen LogP contribution >= 0.6 is 12.2 Å². The van der Waals surface area contributed by atoms with E-state index in [0.29, 0.717) is 11.7 Å². The third kappa shape index (κ3) is 4.44. The van der Waals surface area contributed by atoms with Crippen LogP contribution in [0.2, 0.25) is 0 Å². The predicted octanol–water partition coefficient (Wildman–Crippen LogP) is 2.95. The van der Waals surface area contributed by atoms with E-state index in [1.165, 1.54) is 4.57 Å². The maximum absolute atomic E-state index is 12.7. The molecule has 0 atom stereocenters. The van der Waals surface area contributed by atoms with Gasteiger partial charge in [-0.2, -0.15) is 0 Å². The predicted molar refractivity (Wildman–Crippen MR) is 126 cm³/mol. The summed E-state index contributed by atoms with van der Waals surface area (Å²) in [6.07, 6.45) is 0.836. The van der Waals surface area contributed by atoms with E-state index in [4.69, 9.17) is 18.0 Å². The fourth-order valence-corrected chi connectivity index (χ4v) is 3.63. The minimum absolute atomic E-state index is 0.0716. The van der Waals surface area contributed by atoms with E-state index in [9.17, 15) is 9.59 Å². The monoisotopic (exact) mass is 423 g/mol. The third-order valence-corrected chi connectivity index (χ3v) is 5.19. The van der Waals surface area contributed by atoms with Gasteiger partial charge in [-0.05, 0) is 42.8 Å². The molecule has 0 fully saturated rings. The SMILES string of the molecule is CCc1ccccc1NC(=S)N(CC)c1c(N)n(Cc2ccccc2)c(=O)[nH]c1=O. The van der Waals surface area contributed by atoms with Gasteiger partial charge < -0.3 is 16.0 Å². The summed E-state index contributed by atoms with van der Waals surface area (Å²) in [7, 11) is 0. The minimum atomic E-state index is -0.573. The number of nitrogens with one attached hydrogen (secondary N) is 2. The lowest BCUT2D eigenvalue weighted by Gasteiger charge is -2.26. The summed E-state index contributed by atoms with van der Waals surface area (Å²) in [6.45, 7) is 4.57. The molecule has 0 saturated heterocycles. The molecule has 7 nitrogen and oxygen atoms in total. The Morgan fingerprint density at radius 3 is 2.43 bits per heavy atom. The van der Waals surface area contributed by atoms with Crippen molar-refractivity contribution in [1.82, 2.24) is 9.55 Å². The summed E-state index contributed by atoms with van der Waals surface area (Å²) >= 11 is 5.59. The highest BCUT2D eigenvalue weighted by Crippen LogP contribution is 2.21. The molecule has 3 rings (SSSR count). The molecule has 0 aliphatic rings. The van der Waals surface area contributed by atoms with Crippen LogP contribution in [0.25, 0.3) is 0 Å². The average molecular weight is 424 g/mol. The molecule has 3 aromatic rings. The number of hydrogen-bond acceptors (Lipinski definition) is 4. The number of aryl methyl sites for hydroxylation is 1. The molecule has 0 radical (unpaired) electrons. The molecule has 0 amide bonds. The first kappa shape index (κ1) is 21.3. The van der Waals surface area contributed by atoms with Gasteiger partial charge in [0, 0.05) is 12.2 Å². The van der Waals surface area contributed by atoms with Crippen LogP contribution in [0.15, 0.2) is 64.2 Å². The van der Waals surface area contributed by atoms with Gasteiger partial charge in [-0.25, -0.2) is 4.79 Å². The molecule has 0 aliphatic heterocycles. The van der Waals surface area contributed by atoms with Crippen LogP contribution in [-0.4, -0.2) is 21.2 Å². The standard InChI is InChI=1S/C22H25N5O2S/c1-3-16-12-8-9-13-17(16)24-22(30)26(4-2)18-19(23)27(21(29)25-20(18)28)14-15-10-6-5-7-11-15/h5-13H,3-4,14,23H2,1-2H3,(H,24,30)(H,25,28,29). The normalized spacial score (nSPS) is 10.6. The fourth-order valence-electron chi connectivity index (χ4n) is 3.30. The smallest absolute Gasteiger partial charge is 0.330 e. The van der Waals surface area contributed by atoms with Gasteiger partial charge in [0.15, 0.2) is 10.8 Å². The zero-order valence-electron chi connectivity index (χ0n) is 17.0. The van der Waals surface area contributed by atoms with Crippen LogP contribution in [0.4, 0.5) is 17.2 Å². The molecule has 0 spiro atoms. The highest BCUT2D eigenvalue weighted by atomic mass is 32.1. The summed E-state index contributed by atoms with van der Waals surface area (Å²) in [4.78, 5) is 29.1. The number of rotatable bonds is 6. The van der Waals surface area contributed by atoms with E-state index < -0.39 is 11.2 Å². The number of anilines is 3. The van der Waals surface area contributed by atoms with Crippen LogP contribution < -0.4 is 27.2 Å². The van der Waals surface area contributed by atoms with Gasteiger partial charge in [-0.3, -0.25) is 14.3 Å². The number of nitrogens with two attached hydrogens (primary N) is 1. The van der Waals surface area contributed by atoms with Crippen molar-refractivity contribution in [2.75, 3.05) is 22.5 Å². The van der Waals surface area contributed by atoms with Crippen LogP contribution in [0, 0.1) is 0 Å². The molecule has 1 aromatic heterocycles. The largest absolute Gasteiger partial charge is 0.383 e.